The van der Waals surface area contributed by atoms with Crippen molar-refractivity contribution in [2.45, 2.75) is 78.1 Å². The van der Waals surface area contributed by atoms with Crippen LogP contribution in [0.25, 0.3) is 0 Å². The van der Waals surface area contributed by atoms with Crippen molar-refractivity contribution in [1.82, 2.24) is 15.2 Å². The van der Waals surface area contributed by atoms with Gasteiger partial charge in [0.15, 0.2) is 5.54 Å². The van der Waals surface area contributed by atoms with E-state index < -0.39 is 23.7 Å². The molecule has 0 aliphatic rings. The van der Waals surface area contributed by atoms with Gasteiger partial charge in [0, 0.05) is 24.9 Å². The van der Waals surface area contributed by atoms with Crippen LogP contribution in [0.15, 0.2) is 5.38 Å². The fourth-order valence-electron chi connectivity index (χ4n) is 3.43. The molecule has 0 fully saturated rings. The van der Waals surface area contributed by atoms with Crippen LogP contribution in [-0.2, 0) is 9.59 Å². The first-order valence-corrected chi connectivity index (χ1v) is 12.6. The van der Waals surface area contributed by atoms with Crippen molar-refractivity contribution in [3.05, 3.63) is 16.1 Å². The number of aromatic nitrogens is 1. The Morgan fingerprint density at radius 1 is 1.24 bits per heavy atom. The summed E-state index contributed by atoms with van der Waals surface area (Å²) in [5, 5.41) is 26.3. The average Bonchev–Trinajstić information content (AvgIpc) is 3.23. The molecule has 0 aliphatic carbocycles. The zero-order chi connectivity index (χ0) is 26.6. The van der Waals surface area contributed by atoms with Crippen molar-refractivity contribution in [1.29, 1.82) is 0 Å². The molecule has 34 heavy (non-hydrogen) atoms. The van der Waals surface area contributed by atoms with Crippen LogP contribution in [-0.4, -0.2) is 83.1 Å². The van der Waals surface area contributed by atoms with Crippen molar-refractivity contribution >= 4 is 29.1 Å². The van der Waals surface area contributed by atoms with E-state index in [9.17, 15) is 24.6 Å². The molecule has 9 nitrogen and oxygen atoms in total. The van der Waals surface area contributed by atoms with Gasteiger partial charge in [0.25, 0.3) is 5.91 Å². The van der Waals surface area contributed by atoms with Gasteiger partial charge in [0.05, 0.1) is 32.8 Å². The monoisotopic (exact) mass is 498 g/mol. The SMILES string of the molecule is CCC(C)[C@H](NC(=O)C(C)(C)[N+](C)(C)C)C(=O)N(C)[C@H](C[C@@H](O)c1nc(C(=O)[O-])cs1)C(C)C. The number of aliphatic hydroxyl groups excluding tert-OH is 1. The molecule has 0 aromatic carbocycles. The number of quaternary nitrogens is 1. The fraction of sp³-hybridized carbons (Fsp3) is 0.750. The van der Waals surface area contributed by atoms with Gasteiger partial charge in [-0.3, -0.25) is 9.59 Å². The third-order valence-electron chi connectivity index (χ3n) is 7.09. The highest BCUT2D eigenvalue weighted by Crippen LogP contribution is 2.28. The lowest BCUT2D eigenvalue weighted by atomic mass is 9.92. The van der Waals surface area contributed by atoms with E-state index >= 15 is 0 Å². The summed E-state index contributed by atoms with van der Waals surface area (Å²) in [6.45, 7) is 11.5. The lowest BCUT2D eigenvalue weighted by molar-refractivity contribution is -0.908. The predicted molar refractivity (Wildman–Crippen MR) is 131 cm³/mol. The molecule has 2 amide bonds. The molecular formula is C24H42N4O5S. The van der Waals surface area contributed by atoms with Crippen LogP contribution >= 0.6 is 11.3 Å². The van der Waals surface area contributed by atoms with Crippen molar-refractivity contribution < 1.29 is 29.1 Å². The van der Waals surface area contributed by atoms with Gasteiger partial charge < -0.3 is 29.7 Å². The number of hydrogen-bond acceptors (Lipinski definition) is 7. The molecule has 0 spiro atoms. The van der Waals surface area contributed by atoms with Gasteiger partial charge in [-0.2, -0.15) is 0 Å². The van der Waals surface area contributed by atoms with E-state index in [-0.39, 0.29) is 46.8 Å². The second-order valence-corrected chi connectivity index (χ2v) is 11.7. The number of thiazole rings is 1. The Balaban J connectivity index is 3.14. The minimum Gasteiger partial charge on any atom is -0.543 e. The summed E-state index contributed by atoms with van der Waals surface area (Å²) in [6.07, 6.45) is -0.143. The second-order valence-electron chi connectivity index (χ2n) is 10.8. The molecule has 1 rings (SSSR count). The number of carbonyl (C=O) groups is 3. The number of amides is 2. The Labute approximate surface area is 207 Å². The summed E-state index contributed by atoms with van der Waals surface area (Å²) in [4.78, 5) is 43.4. The molecule has 4 atom stereocenters. The van der Waals surface area contributed by atoms with Gasteiger partial charge in [-0.05, 0) is 25.7 Å². The number of carboxylic acid groups (broad SMARTS) is 1. The first-order valence-electron chi connectivity index (χ1n) is 11.7. The number of carboxylic acids is 1. The summed E-state index contributed by atoms with van der Waals surface area (Å²) >= 11 is 1.04. The number of hydrogen-bond donors (Lipinski definition) is 2. The highest BCUT2D eigenvalue weighted by molar-refractivity contribution is 7.09. The zero-order valence-electron chi connectivity index (χ0n) is 22.2. The minimum atomic E-state index is -1.40. The standard InChI is InChI=1S/C24H42N4O5S/c1-11-15(4)19(26-23(33)24(5,6)28(8,9)10)21(30)27(7)17(14(2)3)12-18(29)20-25-16(13-34-20)22(31)32/h13-15,17-19,29H,11-12H2,1-10H3,(H-,26,31,32,33)/t15?,17-,18-,19+/m1/s1. The van der Waals surface area contributed by atoms with Crippen LogP contribution in [0.4, 0.5) is 0 Å². The van der Waals surface area contributed by atoms with Crippen LogP contribution in [0.2, 0.25) is 0 Å². The molecule has 0 bridgehead atoms. The Kier molecular flexibility index (Phi) is 10.2. The Bertz CT molecular complexity index is 862. The molecule has 0 radical (unpaired) electrons. The number of carbonyl (C=O) groups excluding carboxylic acids is 3. The molecule has 0 aliphatic heterocycles. The summed E-state index contributed by atoms with van der Waals surface area (Å²) < 4.78 is 0.401. The van der Waals surface area contributed by atoms with Crippen molar-refractivity contribution in [2.24, 2.45) is 11.8 Å². The third-order valence-corrected chi connectivity index (χ3v) is 8.04. The van der Waals surface area contributed by atoms with Gasteiger partial charge in [0.1, 0.15) is 17.2 Å². The van der Waals surface area contributed by atoms with Crippen LogP contribution in [0.3, 0.4) is 0 Å². The maximum atomic E-state index is 13.6. The molecule has 1 heterocycles. The fourth-order valence-corrected chi connectivity index (χ4v) is 4.22. The summed E-state index contributed by atoms with van der Waals surface area (Å²) in [6, 6.07) is -1.07. The first-order chi connectivity index (χ1) is 15.4. The van der Waals surface area contributed by atoms with Gasteiger partial charge in [-0.25, -0.2) is 4.98 Å². The highest BCUT2D eigenvalue weighted by Gasteiger charge is 2.43. The molecular weight excluding hydrogens is 456 g/mol. The van der Waals surface area contributed by atoms with Gasteiger partial charge >= 0.3 is 0 Å². The maximum absolute atomic E-state index is 13.6. The lowest BCUT2D eigenvalue weighted by Gasteiger charge is -2.41. The molecule has 2 N–H and O–H groups in total. The lowest BCUT2D eigenvalue weighted by Crippen LogP contribution is -2.65. The van der Waals surface area contributed by atoms with E-state index in [4.69, 9.17) is 0 Å². The highest BCUT2D eigenvalue weighted by atomic mass is 32.1. The van der Waals surface area contributed by atoms with Crippen LogP contribution in [0.1, 0.15) is 76.0 Å². The number of aliphatic hydroxyl groups is 1. The number of nitrogens with one attached hydrogen (secondary N) is 1. The van der Waals surface area contributed by atoms with Crippen molar-refractivity contribution in [3.63, 3.8) is 0 Å². The van der Waals surface area contributed by atoms with E-state index in [1.54, 1.807) is 11.9 Å². The summed E-state index contributed by atoms with van der Waals surface area (Å²) in [7, 11) is 7.49. The summed E-state index contributed by atoms with van der Waals surface area (Å²) in [5.41, 5.74) is -0.969. The number of nitrogens with zero attached hydrogens (tertiary/aromatic N) is 3. The average molecular weight is 499 g/mol. The van der Waals surface area contributed by atoms with E-state index in [1.165, 1.54) is 5.38 Å². The minimum absolute atomic E-state index is 0.000130. The smallest absolute Gasteiger partial charge is 0.281 e. The third kappa shape index (κ3) is 6.99. The quantitative estimate of drug-likeness (QED) is 0.420. The molecule has 1 aromatic rings. The Hall–Kier alpha value is -2.04. The normalized spacial score (nSPS) is 16.0. The van der Waals surface area contributed by atoms with E-state index in [0.29, 0.717) is 10.9 Å². The molecule has 1 aromatic heterocycles. The topological polar surface area (TPSA) is 123 Å². The van der Waals surface area contributed by atoms with Crippen molar-refractivity contribution in [2.75, 3.05) is 28.2 Å². The number of rotatable bonds is 12. The van der Waals surface area contributed by atoms with Crippen LogP contribution in [0, 0.1) is 11.8 Å². The Morgan fingerprint density at radius 3 is 2.21 bits per heavy atom. The van der Waals surface area contributed by atoms with E-state index in [0.717, 1.165) is 11.3 Å². The number of aromatic carboxylic acids is 1. The van der Waals surface area contributed by atoms with E-state index in [1.807, 2.05) is 62.7 Å². The number of likely N-dealkylation sites (N-methyl/N-ethyl adjacent to an activating group) is 2. The van der Waals surface area contributed by atoms with Gasteiger partial charge in [0.2, 0.25) is 5.91 Å². The van der Waals surface area contributed by atoms with Gasteiger partial charge in [-0.1, -0.05) is 34.1 Å². The van der Waals surface area contributed by atoms with Crippen LogP contribution < -0.4 is 10.4 Å². The van der Waals surface area contributed by atoms with E-state index in [2.05, 4.69) is 10.3 Å². The maximum Gasteiger partial charge on any atom is 0.281 e. The zero-order valence-corrected chi connectivity index (χ0v) is 23.0. The first kappa shape index (κ1) is 30.0. The Morgan fingerprint density at radius 2 is 1.79 bits per heavy atom. The molecule has 10 heteroatoms. The predicted octanol–water partition coefficient (Wildman–Crippen LogP) is 1.43. The molecule has 1 unspecified atom stereocenters. The van der Waals surface area contributed by atoms with Crippen LogP contribution in [0.5, 0.6) is 0 Å². The second kappa shape index (κ2) is 11.6. The van der Waals surface area contributed by atoms with Crippen molar-refractivity contribution in [3.8, 4) is 0 Å². The summed E-state index contributed by atoms with van der Waals surface area (Å²) in [5.74, 6) is -1.91. The largest absolute Gasteiger partial charge is 0.543 e. The molecule has 0 saturated heterocycles. The molecule has 194 valence electrons. The van der Waals surface area contributed by atoms with Gasteiger partial charge in [-0.15, -0.1) is 11.3 Å². The molecule has 0 saturated carbocycles.